The van der Waals surface area contributed by atoms with E-state index in [0.29, 0.717) is 5.03 Å². The highest BCUT2D eigenvalue weighted by Crippen LogP contribution is 2.35. The molecule has 0 saturated carbocycles. The van der Waals surface area contributed by atoms with Gasteiger partial charge in [0.1, 0.15) is 11.9 Å². The van der Waals surface area contributed by atoms with Gasteiger partial charge >= 0.3 is 0 Å². The molecule has 0 N–H and O–H groups in total. The first-order valence-corrected chi connectivity index (χ1v) is 7.44. The third kappa shape index (κ3) is 3.23. The Labute approximate surface area is 126 Å². The minimum atomic E-state index is -0.0529. The molecule has 0 spiro atoms. The Hall–Kier alpha value is -0.180. The minimum absolute atomic E-state index is 0.0280. The maximum Gasteiger partial charge on any atom is 0.122 e. The lowest BCUT2D eigenvalue weighted by atomic mass is 9.85. The molecule has 2 rings (SSSR count). The second-order valence-electron chi connectivity index (χ2n) is 5.08. The van der Waals surface area contributed by atoms with Gasteiger partial charge in [0.05, 0.1) is 10.4 Å². The Bertz CT molecular complexity index is 460. The molecule has 1 nitrogen and oxygen atoms in total. The predicted molar refractivity (Wildman–Crippen MR) is 81.1 cm³/mol. The van der Waals surface area contributed by atoms with Crippen LogP contribution < -0.4 is 0 Å². The van der Waals surface area contributed by atoms with Crippen molar-refractivity contribution >= 4 is 39.1 Å². The molecule has 0 aliphatic heterocycles. The maximum atomic E-state index is 6.30. The molecule has 0 aromatic rings. The van der Waals surface area contributed by atoms with Crippen LogP contribution in [0.5, 0.6) is 0 Å². The van der Waals surface area contributed by atoms with Gasteiger partial charge in [0, 0.05) is 16.3 Å². The van der Waals surface area contributed by atoms with E-state index in [2.05, 4.69) is 35.9 Å². The first kappa shape index (κ1) is 14.2. The number of alkyl halides is 1. The van der Waals surface area contributed by atoms with Crippen LogP contribution in [0.25, 0.3) is 0 Å². The minimum Gasteiger partial charge on any atom is -0.486 e. The van der Waals surface area contributed by atoms with Crippen molar-refractivity contribution in [1.29, 1.82) is 0 Å². The standard InChI is InChI=1S/C14H15BrCl2O/c1-14(2)6-5-10(8-13(14)17)18-9-3-4-11(15)12(16)7-9/h4-9,13H,3H2,1-2H3. The van der Waals surface area contributed by atoms with Crippen molar-refractivity contribution in [2.24, 2.45) is 5.41 Å². The second kappa shape index (κ2) is 5.44. The van der Waals surface area contributed by atoms with Crippen molar-refractivity contribution < 1.29 is 4.74 Å². The number of allylic oxidation sites excluding steroid dienone is 5. The molecule has 0 heterocycles. The first-order valence-electron chi connectivity index (χ1n) is 5.83. The van der Waals surface area contributed by atoms with Crippen LogP contribution in [0, 0.1) is 5.41 Å². The van der Waals surface area contributed by atoms with Crippen molar-refractivity contribution in [3.8, 4) is 0 Å². The molecule has 0 saturated heterocycles. The molecule has 98 valence electrons. The smallest absolute Gasteiger partial charge is 0.122 e. The maximum absolute atomic E-state index is 6.30. The van der Waals surface area contributed by atoms with E-state index in [1.54, 1.807) is 0 Å². The topological polar surface area (TPSA) is 9.23 Å². The molecule has 2 aliphatic carbocycles. The van der Waals surface area contributed by atoms with Gasteiger partial charge in [-0.25, -0.2) is 0 Å². The number of halogens is 3. The molecular formula is C14H15BrCl2O. The molecule has 4 heteroatoms. The van der Waals surface area contributed by atoms with Crippen LogP contribution >= 0.6 is 39.1 Å². The van der Waals surface area contributed by atoms with Crippen LogP contribution in [0.2, 0.25) is 0 Å². The van der Waals surface area contributed by atoms with E-state index in [9.17, 15) is 0 Å². The summed E-state index contributed by atoms with van der Waals surface area (Å²) in [5.74, 6) is 0.812. The highest BCUT2D eigenvalue weighted by atomic mass is 79.9. The number of hydrogen-bond donors (Lipinski definition) is 0. The normalized spacial score (nSPS) is 30.4. The second-order valence-corrected chi connectivity index (χ2v) is 6.82. The molecule has 0 amide bonds. The zero-order valence-corrected chi connectivity index (χ0v) is 13.4. The Morgan fingerprint density at radius 1 is 1.39 bits per heavy atom. The quantitative estimate of drug-likeness (QED) is 0.617. The van der Waals surface area contributed by atoms with Gasteiger partial charge in [-0.15, -0.1) is 11.6 Å². The van der Waals surface area contributed by atoms with E-state index in [-0.39, 0.29) is 16.9 Å². The van der Waals surface area contributed by atoms with E-state index < -0.39 is 0 Å². The van der Waals surface area contributed by atoms with E-state index in [1.807, 2.05) is 24.3 Å². The lowest BCUT2D eigenvalue weighted by Crippen LogP contribution is -2.24. The summed E-state index contributed by atoms with van der Waals surface area (Å²) in [6.45, 7) is 4.21. The van der Waals surface area contributed by atoms with Crippen molar-refractivity contribution in [2.45, 2.75) is 31.7 Å². The lowest BCUT2D eigenvalue weighted by Gasteiger charge is -2.29. The molecule has 2 unspecified atom stereocenters. The SMILES string of the molecule is CC1(C)C=CC(OC2C=C(Cl)C(Br)=CC2)=CC1Cl. The van der Waals surface area contributed by atoms with Crippen molar-refractivity contribution in [2.75, 3.05) is 0 Å². The largest absolute Gasteiger partial charge is 0.486 e. The molecule has 0 fully saturated rings. The van der Waals surface area contributed by atoms with Gasteiger partial charge in [0.25, 0.3) is 0 Å². The zero-order valence-electron chi connectivity index (χ0n) is 10.3. The zero-order chi connectivity index (χ0) is 13.3. The Balaban J connectivity index is 2.03. The first-order chi connectivity index (χ1) is 8.38. The number of hydrogen-bond acceptors (Lipinski definition) is 1. The van der Waals surface area contributed by atoms with Gasteiger partial charge in [-0.05, 0) is 34.2 Å². The molecule has 0 radical (unpaired) electrons. The fraction of sp³-hybridized carbons (Fsp3) is 0.429. The van der Waals surface area contributed by atoms with Gasteiger partial charge in [0.2, 0.25) is 0 Å². The van der Waals surface area contributed by atoms with Crippen LogP contribution in [0.3, 0.4) is 0 Å². The average molecular weight is 350 g/mol. The van der Waals surface area contributed by atoms with E-state index >= 15 is 0 Å². The van der Waals surface area contributed by atoms with Crippen LogP contribution in [0.1, 0.15) is 20.3 Å². The van der Waals surface area contributed by atoms with Crippen LogP contribution in [0.15, 0.2) is 45.7 Å². The van der Waals surface area contributed by atoms with Gasteiger partial charge in [-0.1, -0.05) is 37.6 Å². The van der Waals surface area contributed by atoms with Crippen LogP contribution in [-0.4, -0.2) is 11.5 Å². The molecule has 0 bridgehead atoms. The van der Waals surface area contributed by atoms with E-state index in [4.69, 9.17) is 27.9 Å². The molecule has 18 heavy (non-hydrogen) atoms. The summed E-state index contributed by atoms with van der Waals surface area (Å²) in [4.78, 5) is 0. The average Bonchev–Trinajstić information content (AvgIpc) is 2.29. The predicted octanol–water partition coefficient (Wildman–Crippen LogP) is 5.26. The van der Waals surface area contributed by atoms with Crippen molar-refractivity contribution in [3.63, 3.8) is 0 Å². The number of rotatable bonds is 2. The molecular weight excluding hydrogens is 335 g/mol. The summed E-state index contributed by atoms with van der Waals surface area (Å²) >= 11 is 15.7. The van der Waals surface area contributed by atoms with Gasteiger partial charge in [0.15, 0.2) is 0 Å². The Kier molecular flexibility index (Phi) is 4.30. The van der Waals surface area contributed by atoms with Gasteiger partial charge < -0.3 is 4.74 Å². The van der Waals surface area contributed by atoms with Gasteiger partial charge in [-0.2, -0.15) is 0 Å². The summed E-state index contributed by atoms with van der Waals surface area (Å²) in [5, 5.41) is 0.636. The van der Waals surface area contributed by atoms with Crippen LogP contribution in [-0.2, 0) is 4.74 Å². The highest BCUT2D eigenvalue weighted by Gasteiger charge is 2.27. The summed E-state index contributed by atoms with van der Waals surface area (Å²) in [7, 11) is 0. The van der Waals surface area contributed by atoms with E-state index in [1.165, 1.54) is 0 Å². The molecule has 0 aromatic carbocycles. The summed E-state index contributed by atoms with van der Waals surface area (Å²) < 4.78 is 6.80. The third-order valence-electron chi connectivity index (χ3n) is 3.08. The summed E-state index contributed by atoms with van der Waals surface area (Å²) in [5.41, 5.74) is -0.0304. The monoisotopic (exact) mass is 348 g/mol. The summed E-state index contributed by atoms with van der Waals surface area (Å²) in [6.07, 6.45) is 10.7. The summed E-state index contributed by atoms with van der Waals surface area (Å²) in [6, 6.07) is 0. The third-order valence-corrected chi connectivity index (χ3v) is 5.07. The van der Waals surface area contributed by atoms with Crippen LogP contribution in [0.4, 0.5) is 0 Å². The lowest BCUT2D eigenvalue weighted by molar-refractivity contribution is 0.162. The Morgan fingerprint density at radius 3 is 2.72 bits per heavy atom. The van der Waals surface area contributed by atoms with Gasteiger partial charge in [-0.3, -0.25) is 0 Å². The fourth-order valence-electron chi connectivity index (χ4n) is 1.77. The molecule has 0 aromatic heterocycles. The highest BCUT2D eigenvalue weighted by molar-refractivity contribution is 9.12. The van der Waals surface area contributed by atoms with Crippen molar-refractivity contribution in [3.05, 3.63) is 45.7 Å². The van der Waals surface area contributed by atoms with E-state index in [0.717, 1.165) is 16.7 Å². The van der Waals surface area contributed by atoms with Crippen molar-refractivity contribution in [1.82, 2.24) is 0 Å². The Morgan fingerprint density at radius 2 is 2.11 bits per heavy atom. The fourth-order valence-corrected chi connectivity index (χ4v) is 2.50. The number of ether oxygens (including phenoxy) is 1. The molecule has 2 aliphatic rings. The molecule has 2 atom stereocenters.